The van der Waals surface area contributed by atoms with Crippen LogP contribution in [0.3, 0.4) is 0 Å². The van der Waals surface area contributed by atoms with Crippen molar-refractivity contribution in [1.82, 2.24) is 0 Å². The number of rotatable bonds is 5. The summed E-state index contributed by atoms with van der Waals surface area (Å²) in [6.07, 6.45) is -1.25. The van der Waals surface area contributed by atoms with Gasteiger partial charge in [-0.05, 0) is 24.6 Å². The van der Waals surface area contributed by atoms with E-state index in [1.807, 2.05) is 0 Å². The van der Waals surface area contributed by atoms with Crippen LogP contribution in [0.15, 0.2) is 18.2 Å². The highest BCUT2D eigenvalue weighted by molar-refractivity contribution is 9.09. The zero-order valence-corrected chi connectivity index (χ0v) is 10.9. The van der Waals surface area contributed by atoms with Crippen LogP contribution in [-0.4, -0.2) is 27.3 Å². The molecule has 0 heterocycles. The third kappa shape index (κ3) is 3.64. The predicted octanol–water partition coefficient (Wildman–Crippen LogP) is 2.08. The SMILES string of the molecule is Cc1cc(C(=O)CCBr)cc(C(O)C(=O)O)c1. The number of carbonyl (C=O) groups is 2. The number of carboxylic acid groups (broad SMARTS) is 1. The van der Waals surface area contributed by atoms with Gasteiger partial charge in [-0.25, -0.2) is 4.79 Å². The van der Waals surface area contributed by atoms with Gasteiger partial charge in [0.05, 0.1) is 0 Å². The molecular formula is C12H13BrO4. The first kappa shape index (κ1) is 13.9. The van der Waals surface area contributed by atoms with Gasteiger partial charge in [0.15, 0.2) is 11.9 Å². The third-order valence-corrected chi connectivity index (χ3v) is 2.69. The Morgan fingerprint density at radius 3 is 2.53 bits per heavy atom. The van der Waals surface area contributed by atoms with Crippen molar-refractivity contribution in [1.29, 1.82) is 0 Å². The first-order valence-corrected chi connectivity index (χ1v) is 6.19. The van der Waals surface area contributed by atoms with Crippen molar-refractivity contribution in [3.63, 3.8) is 0 Å². The van der Waals surface area contributed by atoms with Crippen LogP contribution in [0.4, 0.5) is 0 Å². The van der Waals surface area contributed by atoms with Crippen molar-refractivity contribution in [3.05, 3.63) is 34.9 Å². The number of aliphatic hydroxyl groups is 1. The molecule has 0 aliphatic heterocycles. The monoisotopic (exact) mass is 300 g/mol. The van der Waals surface area contributed by atoms with Crippen molar-refractivity contribution in [2.75, 3.05) is 5.33 Å². The normalized spacial score (nSPS) is 12.2. The number of ketones is 1. The van der Waals surface area contributed by atoms with E-state index in [-0.39, 0.29) is 11.3 Å². The first-order valence-electron chi connectivity index (χ1n) is 5.07. The lowest BCUT2D eigenvalue weighted by molar-refractivity contribution is -0.146. The highest BCUT2D eigenvalue weighted by Gasteiger charge is 2.18. The lowest BCUT2D eigenvalue weighted by Crippen LogP contribution is -2.12. The van der Waals surface area contributed by atoms with Crippen LogP contribution in [0.2, 0.25) is 0 Å². The third-order valence-electron chi connectivity index (χ3n) is 2.29. The van der Waals surface area contributed by atoms with E-state index in [1.165, 1.54) is 6.07 Å². The van der Waals surface area contributed by atoms with Gasteiger partial charge in [0.1, 0.15) is 0 Å². The Hall–Kier alpha value is -1.20. The number of hydrogen-bond donors (Lipinski definition) is 2. The Morgan fingerprint density at radius 1 is 1.35 bits per heavy atom. The fourth-order valence-corrected chi connectivity index (χ4v) is 1.86. The topological polar surface area (TPSA) is 74.6 Å². The quantitative estimate of drug-likeness (QED) is 0.645. The number of aryl methyl sites for hydroxylation is 1. The summed E-state index contributed by atoms with van der Waals surface area (Å²) in [5, 5.41) is 18.7. The standard InChI is InChI=1S/C12H13BrO4/c1-7-4-8(10(14)2-3-13)6-9(5-7)11(15)12(16)17/h4-6,11,15H,2-3H2,1H3,(H,16,17). The average Bonchev–Trinajstić information content (AvgIpc) is 2.27. The van der Waals surface area contributed by atoms with E-state index in [9.17, 15) is 14.7 Å². The van der Waals surface area contributed by atoms with E-state index >= 15 is 0 Å². The van der Waals surface area contributed by atoms with E-state index in [1.54, 1.807) is 19.1 Å². The van der Waals surface area contributed by atoms with E-state index in [0.29, 0.717) is 17.3 Å². The summed E-state index contributed by atoms with van der Waals surface area (Å²) in [7, 11) is 0. The second kappa shape index (κ2) is 5.93. The minimum absolute atomic E-state index is 0.0792. The highest BCUT2D eigenvalue weighted by atomic mass is 79.9. The molecule has 0 aliphatic rings. The second-order valence-corrected chi connectivity index (χ2v) is 4.53. The number of hydrogen-bond acceptors (Lipinski definition) is 3. The Balaban J connectivity index is 3.10. The van der Waals surface area contributed by atoms with Gasteiger partial charge in [0.25, 0.3) is 0 Å². The number of carbonyl (C=O) groups excluding carboxylic acids is 1. The molecule has 0 fully saturated rings. The maximum absolute atomic E-state index is 11.7. The number of aliphatic carboxylic acids is 1. The van der Waals surface area contributed by atoms with Crippen molar-refractivity contribution in [2.24, 2.45) is 0 Å². The first-order chi connectivity index (χ1) is 7.95. The van der Waals surface area contributed by atoms with E-state index < -0.39 is 12.1 Å². The largest absolute Gasteiger partial charge is 0.479 e. The van der Waals surface area contributed by atoms with Gasteiger partial charge in [-0.15, -0.1) is 0 Å². The fraction of sp³-hybridized carbons (Fsp3) is 0.333. The molecule has 0 bridgehead atoms. The molecule has 5 heteroatoms. The molecule has 0 amide bonds. The van der Waals surface area contributed by atoms with Gasteiger partial charge in [-0.2, -0.15) is 0 Å². The molecule has 0 aliphatic carbocycles. The predicted molar refractivity (Wildman–Crippen MR) is 66.5 cm³/mol. The zero-order valence-electron chi connectivity index (χ0n) is 9.31. The molecule has 1 aromatic rings. The Labute approximate surface area is 107 Å². The Bertz CT molecular complexity index is 442. The molecule has 1 aromatic carbocycles. The summed E-state index contributed by atoms with van der Waals surface area (Å²) in [4.78, 5) is 22.4. The molecule has 1 rings (SSSR count). The second-order valence-electron chi connectivity index (χ2n) is 3.74. The van der Waals surface area contributed by atoms with Crippen LogP contribution in [0.5, 0.6) is 0 Å². The van der Waals surface area contributed by atoms with Crippen LogP contribution in [0, 0.1) is 6.92 Å². The van der Waals surface area contributed by atoms with Crippen LogP contribution < -0.4 is 0 Å². The zero-order chi connectivity index (χ0) is 13.0. The number of halogens is 1. The molecule has 92 valence electrons. The molecule has 1 atom stereocenters. The van der Waals surface area contributed by atoms with E-state index in [2.05, 4.69) is 15.9 Å². The summed E-state index contributed by atoms with van der Waals surface area (Å²) in [6, 6.07) is 4.67. The molecule has 0 radical (unpaired) electrons. The molecule has 2 N–H and O–H groups in total. The van der Waals surface area contributed by atoms with Gasteiger partial charge in [0.2, 0.25) is 0 Å². The van der Waals surface area contributed by atoms with Crippen LogP contribution >= 0.6 is 15.9 Å². The summed E-state index contributed by atoms with van der Waals surface area (Å²) in [6.45, 7) is 1.75. The number of aliphatic hydroxyl groups excluding tert-OH is 1. The molecular weight excluding hydrogens is 288 g/mol. The van der Waals surface area contributed by atoms with Crippen molar-refractivity contribution in [2.45, 2.75) is 19.4 Å². The fourth-order valence-electron chi connectivity index (χ4n) is 1.50. The minimum Gasteiger partial charge on any atom is -0.479 e. The summed E-state index contributed by atoms with van der Waals surface area (Å²) < 4.78 is 0. The molecule has 0 aromatic heterocycles. The Kier molecular flexibility index (Phi) is 4.84. The summed E-state index contributed by atoms with van der Waals surface area (Å²) >= 11 is 3.17. The number of Topliss-reactive ketones (excluding diaryl/α,β-unsaturated/α-hetero) is 1. The molecule has 0 spiro atoms. The minimum atomic E-state index is -1.59. The van der Waals surface area contributed by atoms with Gasteiger partial charge in [0, 0.05) is 17.3 Å². The van der Waals surface area contributed by atoms with Crippen LogP contribution in [0.25, 0.3) is 0 Å². The van der Waals surface area contributed by atoms with Crippen molar-refractivity contribution < 1.29 is 19.8 Å². The van der Waals surface area contributed by atoms with Crippen LogP contribution in [-0.2, 0) is 4.79 Å². The lowest BCUT2D eigenvalue weighted by atomic mass is 9.99. The number of benzene rings is 1. The lowest BCUT2D eigenvalue weighted by Gasteiger charge is -2.09. The average molecular weight is 301 g/mol. The number of carboxylic acids is 1. The maximum Gasteiger partial charge on any atom is 0.337 e. The van der Waals surface area contributed by atoms with Gasteiger partial charge >= 0.3 is 5.97 Å². The molecule has 0 saturated carbocycles. The van der Waals surface area contributed by atoms with E-state index in [0.717, 1.165) is 5.56 Å². The van der Waals surface area contributed by atoms with Crippen molar-refractivity contribution >= 4 is 27.7 Å². The van der Waals surface area contributed by atoms with Crippen molar-refractivity contribution in [3.8, 4) is 0 Å². The maximum atomic E-state index is 11.7. The number of alkyl halides is 1. The summed E-state index contributed by atoms with van der Waals surface area (Å²) in [5.74, 6) is -1.40. The molecule has 17 heavy (non-hydrogen) atoms. The molecule has 4 nitrogen and oxygen atoms in total. The van der Waals surface area contributed by atoms with Gasteiger partial charge < -0.3 is 10.2 Å². The summed E-state index contributed by atoms with van der Waals surface area (Å²) in [5.41, 5.74) is 1.41. The molecule has 0 saturated heterocycles. The smallest absolute Gasteiger partial charge is 0.337 e. The molecule has 1 unspecified atom stereocenters. The highest BCUT2D eigenvalue weighted by Crippen LogP contribution is 2.18. The Morgan fingerprint density at radius 2 is 2.00 bits per heavy atom. The van der Waals surface area contributed by atoms with E-state index in [4.69, 9.17) is 5.11 Å². The van der Waals surface area contributed by atoms with Gasteiger partial charge in [-0.3, -0.25) is 4.79 Å². The van der Waals surface area contributed by atoms with Crippen LogP contribution in [0.1, 0.15) is 34.0 Å². The van der Waals surface area contributed by atoms with Gasteiger partial charge in [-0.1, -0.05) is 27.6 Å².